The van der Waals surface area contributed by atoms with E-state index in [4.69, 9.17) is 17.3 Å². The molecule has 7 heteroatoms. The van der Waals surface area contributed by atoms with Gasteiger partial charge in [-0.3, -0.25) is 4.79 Å². The fourth-order valence-electron chi connectivity index (χ4n) is 1.25. The van der Waals surface area contributed by atoms with E-state index in [2.05, 4.69) is 15.3 Å². The van der Waals surface area contributed by atoms with Gasteiger partial charge in [-0.1, -0.05) is 0 Å². The lowest BCUT2D eigenvalue weighted by Gasteiger charge is -2.05. The molecule has 1 heterocycles. The van der Waals surface area contributed by atoms with Gasteiger partial charge in [-0.2, -0.15) is 0 Å². The summed E-state index contributed by atoms with van der Waals surface area (Å²) in [5.74, 6) is -1.13. The van der Waals surface area contributed by atoms with Crippen LogP contribution in [0.3, 0.4) is 0 Å². The molecule has 1 amide bonds. The van der Waals surface area contributed by atoms with Gasteiger partial charge in [0.2, 0.25) is 5.28 Å². The first kappa shape index (κ1) is 12.3. The summed E-state index contributed by atoms with van der Waals surface area (Å²) < 4.78 is 13.2. The Morgan fingerprint density at radius 3 is 2.61 bits per heavy atom. The van der Waals surface area contributed by atoms with E-state index < -0.39 is 11.7 Å². The SMILES string of the molecule is Nc1ccc(C(=O)Nc2cnc(Cl)nc2)cc1F. The quantitative estimate of drug-likeness (QED) is 0.644. The van der Waals surface area contributed by atoms with Gasteiger partial charge in [0.25, 0.3) is 5.91 Å². The fourth-order valence-corrected chi connectivity index (χ4v) is 1.35. The van der Waals surface area contributed by atoms with Crippen LogP contribution in [-0.2, 0) is 0 Å². The molecule has 1 aromatic heterocycles. The van der Waals surface area contributed by atoms with Crippen molar-refractivity contribution in [2.75, 3.05) is 11.1 Å². The van der Waals surface area contributed by atoms with Crippen LogP contribution >= 0.6 is 11.6 Å². The van der Waals surface area contributed by atoms with Crippen molar-refractivity contribution in [1.29, 1.82) is 0 Å². The standard InChI is InChI=1S/C11H8ClFN4O/c12-11-15-4-7(5-16-11)17-10(18)6-1-2-9(14)8(13)3-6/h1-5H,14H2,(H,17,18). The minimum atomic E-state index is -0.644. The van der Waals surface area contributed by atoms with Crippen LogP contribution in [0.1, 0.15) is 10.4 Å². The number of rotatable bonds is 2. The van der Waals surface area contributed by atoms with Crippen molar-refractivity contribution in [3.05, 3.63) is 47.3 Å². The predicted octanol–water partition coefficient (Wildman–Crippen LogP) is 2.10. The van der Waals surface area contributed by atoms with Crippen molar-refractivity contribution in [2.24, 2.45) is 0 Å². The van der Waals surface area contributed by atoms with Crippen molar-refractivity contribution >= 4 is 28.9 Å². The van der Waals surface area contributed by atoms with Crippen LogP contribution in [0, 0.1) is 5.82 Å². The molecule has 0 spiro atoms. The molecule has 0 aliphatic rings. The van der Waals surface area contributed by atoms with E-state index in [9.17, 15) is 9.18 Å². The smallest absolute Gasteiger partial charge is 0.255 e. The third-order valence-electron chi connectivity index (χ3n) is 2.14. The minimum Gasteiger partial charge on any atom is -0.396 e. The number of amides is 1. The number of aromatic nitrogens is 2. The second-order valence-corrected chi connectivity index (χ2v) is 3.77. The van der Waals surface area contributed by atoms with Crippen LogP contribution in [0.2, 0.25) is 5.28 Å². The molecular formula is C11H8ClFN4O. The molecule has 0 fully saturated rings. The third-order valence-corrected chi connectivity index (χ3v) is 2.34. The number of carbonyl (C=O) groups is 1. The number of nitrogens with two attached hydrogens (primary N) is 1. The second kappa shape index (κ2) is 4.97. The van der Waals surface area contributed by atoms with Crippen molar-refractivity contribution in [1.82, 2.24) is 9.97 Å². The first-order valence-corrected chi connectivity index (χ1v) is 5.28. The normalized spacial score (nSPS) is 10.1. The van der Waals surface area contributed by atoms with Gasteiger partial charge >= 0.3 is 0 Å². The summed E-state index contributed by atoms with van der Waals surface area (Å²) in [6.07, 6.45) is 2.70. The Morgan fingerprint density at radius 2 is 2.00 bits per heavy atom. The number of halogens is 2. The van der Waals surface area contributed by atoms with E-state index in [1.54, 1.807) is 0 Å². The molecule has 0 aliphatic carbocycles. The summed E-state index contributed by atoms with van der Waals surface area (Å²) in [6, 6.07) is 3.80. The maximum Gasteiger partial charge on any atom is 0.255 e. The number of benzene rings is 1. The Balaban J connectivity index is 2.16. The molecule has 0 radical (unpaired) electrons. The fraction of sp³-hybridized carbons (Fsp3) is 0. The molecule has 0 saturated carbocycles. The molecule has 2 rings (SSSR count). The average Bonchev–Trinajstić information content (AvgIpc) is 2.35. The van der Waals surface area contributed by atoms with Gasteiger partial charge in [-0.05, 0) is 29.8 Å². The number of anilines is 2. The molecule has 1 aromatic carbocycles. The number of nitrogens with one attached hydrogen (secondary N) is 1. The van der Waals surface area contributed by atoms with Crippen LogP contribution in [0.25, 0.3) is 0 Å². The maximum absolute atomic E-state index is 13.2. The molecule has 0 aliphatic heterocycles. The highest BCUT2D eigenvalue weighted by molar-refractivity contribution is 6.28. The first-order valence-electron chi connectivity index (χ1n) is 4.90. The highest BCUT2D eigenvalue weighted by Gasteiger charge is 2.09. The van der Waals surface area contributed by atoms with Crippen LogP contribution in [-0.4, -0.2) is 15.9 Å². The van der Waals surface area contributed by atoms with Crippen LogP contribution in [0.4, 0.5) is 15.8 Å². The monoisotopic (exact) mass is 266 g/mol. The summed E-state index contributed by atoms with van der Waals surface area (Å²) in [4.78, 5) is 19.2. The number of carbonyl (C=O) groups excluding carboxylic acids is 1. The Kier molecular flexibility index (Phi) is 3.38. The van der Waals surface area contributed by atoms with Crippen molar-refractivity contribution < 1.29 is 9.18 Å². The molecule has 0 atom stereocenters. The van der Waals surface area contributed by atoms with E-state index in [1.807, 2.05) is 0 Å². The van der Waals surface area contributed by atoms with Gasteiger partial charge in [0.1, 0.15) is 5.82 Å². The van der Waals surface area contributed by atoms with Crippen LogP contribution < -0.4 is 11.1 Å². The van der Waals surface area contributed by atoms with E-state index in [1.165, 1.54) is 24.5 Å². The van der Waals surface area contributed by atoms with E-state index >= 15 is 0 Å². The zero-order chi connectivity index (χ0) is 13.1. The number of hydrogen-bond acceptors (Lipinski definition) is 4. The lowest BCUT2D eigenvalue weighted by Crippen LogP contribution is -2.12. The summed E-state index contributed by atoms with van der Waals surface area (Å²) in [6.45, 7) is 0. The molecule has 0 saturated heterocycles. The Morgan fingerprint density at radius 1 is 1.33 bits per heavy atom. The number of nitrogen functional groups attached to an aromatic ring is 1. The minimum absolute atomic E-state index is 0.0126. The number of nitrogens with zero attached hydrogens (tertiary/aromatic N) is 2. The summed E-state index contributed by atoms with van der Waals surface area (Å²) in [5.41, 5.74) is 5.82. The largest absolute Gasteiger partial charge is 0.396 e. The summed E-state index contributed by atoms with van der Waals surface area (Å²) >= 11 is 5.51. The lowest BCUT2D eigenvalue weighted by molar-refractivity contribution is 0.102. The topological polar surface area (TPSA) is 80.9 Å². The molecule has 92 valence electrons. The van der Waals surface area contributed by atoms with E-state index in [0.717, 1.165) is 6.07 Å². The van der Waals surface area contributed by atoms with Crippen LogP contribution in [0.15, 0.2) is 30.6 Å². The summed E-state index contributed by atoms with van der Waals surface area (Å²) in [5, 5.41) is 2.58. The van der Waals surface area contributed by atoms with Crippen molar-refractivity contribution in [2.45, 2.75) is 0 Å². The Labute approximate surface area is 107 Å². The predicted molar refractivity (Wildman–Crippen MR) is 65.8 cm³/mol. The average molecular weight is 267 g/mol. The zero-order valence-corrected chi connectivity index (χ0v) is 9.78. The lowest BCUT2D eigenvalue weighted by atomic mass is 10.2. The number of hydrogen-bond donors (Lipinski definition) is 2. The molecule has 3 N–H and O–H groups in total. The summed E-state index contributed by atoms with van der Waals surface area (Å²) in [7, 11) is 0. The van der Waals surface area contributed by atoms with Gasteiger partial charge < -0.3 is 11.1 Å². The second-order valence-electron chi connectivity index (χ2n) is 3.43. The van der Waals surface area contributed by atoms with Gasteiger partial charge in [-0.25, -0.2) is 14.4 Å². The molecule has 0 unspecified atom stereocenters. The Hall–Kier alpha value is -2.21. The van der Waals surface area contributed by atoms with Crippen LogP contribution in [0.5, 0.6) is 0 Å². The first-order chi connectivity index (χ1) is 8.56. The zero-order valence-electron chi connectivity index (χ0n) is 9.02. The highest BCUT2D eigenvalue weighted by atomic mass is 35.5. The molecule has 18 heavy (non-hydrogen) atoms. The van der Waals surface area contributed by atoms with Gasteiger partial charge in [-0.15, -0.1) is 0 Å². The van der Waals surface area contributed by atoms with Gasteiger partial charge in [0.05, 0.1) is 23.8 Å². The van der Waals surface area contributed by atoms with E-state index in [0.29, 0.717) is 5.69 Å². The van der Waals surface area contributed by atoms with Crippen molar-refractivity contribution in [3.63, 3.8) is 0 Å². The molecule has 5 nitrogen and oxygen atoms in total. The van der Waals surface area contributed by atoms with Gasteiger partial charge in [0, 0.05) is 5.56 Å². The van der Waals surface area contributed by atoms with E-state index in [-0.39, 0.29) is 16.5 Å². The Bertz CT molecular complexity index is 588. The third kappa shape index (κ3) is 2.72. The molecular weight excluding hydrogens is 259 g/mol. The maximum atomic E-state index is 13.2. The highest BCUT2D eigenvalue weighted by Crippen LogP contribution is 2.14. The molecule has 0 bridgehead atoms. The van der Waals surface area contributed by atoms with Crippen molar-refractivity contribution in [3.8, 4) is 0 Å². The van der Waals surface area contributed by atoms with Gasteiger partial charge in [0.15, 0.2) is 0 Å². The molecule has 2 aromatic rings.